The van der Waals surface area contributed by atoms with E-state index in [0.29, 0.717) is 19.3 Å². The van der Waals surface area contributed by atoms with Gasteiger partial charge in [-0.2, -0.15) is 0 Å². The maximum atomic E-state index is 11.0. The van der Waals surface area contributed by atoms with Crippen molar-refractivity contribution in [3.63, 3.8) is 0 Å². The van der Waals surface area contributed by atoms with Crippen LogP contribution in [0, 0.1) is 0 Å². The van der Waals surface area contributed by atoms with Gasteiger partial charge in [-0.3, -0.25) is 4.79 Å². The first-order valence-corrected chi connectivity index (χ1v) is 3.64. The van der Waals surface area contributed by atoms with Gasteiger partial charge in [-0.05, 0) is 12.8 Å². The third kappa shape index (κ3) is 1.52. The van der Waals surface area contributed by atoms with Gasteiger partial charge in [0.2, 0.25) is 0 Å². The monoisotopic (exact) mass is 159 g/mol. The van der Waals surface area contributed by atoms with Crippen molar-refractivity contribution in [2.75, 3.05) is 7.11 Å². The van der Waals surface area contributed by atoms with Gasteiger partial charge in [0.25, 0.3) is 0 Å². The molecule has 0 heterocycles. The summed E-state index contributed by atoms with van der Waals surface area (Å²) in [6.45, 7) is 0. The fourth-order valence-corrected chi connectivity index (χ4v) is 1.44. The molecule has 4 nitrogen and oxygen atoms in total. The van der Waals surface area contributed by atoms with E-state index in [1.54, 1.807) is 0 Å². The second kappa shape index (κ2) is 2.79. The summed E-state index contributed by atoms with van der Waals surface area (Å²) in [4.78, 5) is 11.0. The Kier molecular flexibility index (Phi) is 2.15. The number of carbonyl (C=O) groups excluding carboxylic acids is 1. The van der Waals surface area contributed by atoms with Gasteiger partial charge in [0.15, 0.2) is 0 Å². The van der Waals surface area contributed by atoms with Crippen LogP contribution < -0.4 is 5.73 Å². The van der Waals surface area contributed by atoms with Crippen molar-refractivity contribution in [3.05, 3.63) is 0 Å². The van der Waals surface area contributed by atoms with Gasteiger partial charge in [-0.15, -0.1) is 0 Å². The molecule has 0 aliphatic heterocycles. The Morgan fingerprint density at radius 1 is 1.82 bits per heavy atom. The largest absolute Gasteiger partial charge is 0.468 e. The van der Waals surface area contributed by atoms with E-state index in [9.17, 15) is 4.79 Å². The van der Waals surface area contributed by atoms with E-state index in [-0.39, 0.29) is 0 Å². The molecule has 0 aromatic heterocycles. The topological polar surface area (TPSA) is 72.5 Å². The lowest BCUT2D eigenvalue weighted by Gasteiger charge is -2.19. The van der Waals surface area contributed by atoms with E-state index < -0.39 is 17.6 Å². The highest BCUT2D eigenvalue weighted by Crippen LogP contribution is 2.28. The number of hydrogen-bond acceptors (Lipinski definition) is 4. The zero-order valence-corrected chi connectivity index (χ0v) is 6.54. The van der Waals surface area contributed by atoms with E-state index >= 15 is 0 Å². The van der Waals surface area contributed by atoms with Crippen molar-refractivity contribution < 1.29 is 14.6 Å². The van der Waals surface area contributed by atoms with Crippen molar-refractivity contribution in [1.82, 2.24) is 0 Å². The molecule has 2 unspecified atom stereocenters. The fourth-order valence-electron chi connectivity index (χ4n) is 1.44. The van der Waals surface area contributed by atoms with Gasteiger partial charge in [0.1, 0.15) is 5.54 Å². The van der Waals surface area contributed by atoms with Crippen LogP contribution in [0.1, 0.15) is 19.3 Å². The van der Waals surface area contributed by atoms with Gasteiger partial charge in [-0.25, -0.2) is 0 Å². The summed E-state index contributed by atoms with van der Waals surface area (Å²) < 4.78 is 4.51. The second-order valence-electron chi connectivity index (χ2n) is 3.04. The molecule has 11 heavy (non-hydrogen) atoms. The molecule has 2 atom stereocenters. The maximum Gasteiger partial charge on any atom is 0.325 e. The van der Waals surface area contributed by atoms with Crippen LogP contribution in [-0.4, -0.2) is 29.8 Å². The summed E-state index contributed by atoms with van der Waals surface area (Å²) in [5.41, 5.74) is 4.73. The van der Waals surface area contributed by atoms with Gasteiger partial charge in [0.05, 0.1) is 13.2 Å². The van der Waals surface area contributed by atoms with Crippen molar-refractivity contribution in [3.8, 4) is 0 Å². The molecule has 1 saturated carbocycles. The maximum absolute atomic E-state index is 11.0. The number of carbonyl (C=O) groups is 1. The summed E-state index contributed by atoms with van der Waals surface area (Å²) in [6.07, 6.45) is 0.977. The molecule has 1 aliphatic rings. The Balaban J connectivity index is 2.61. The zero-order chi connectivity index (χ0) is 8.48. The highest BCUT2D eigenvalue weighted by Gasteiger charge is 2.42. The number of ether oxygens (including phenoxy) is 1. The van der Waals surface area contributed by atoms with Crippen LogP contribution in [0.3, 0.4) is 0 Å². The minimum absolute atomic E-state index is 0.319. The summed E-state index contributed by atoms with van der Waals surface area (Å²) in [6, 6.07) is 0. The molecule has 0 radical (unpaired) electrons. The van der Waals surface area contributed by atoms with Crippen LogP contribution >= 0.6 is 0 Å². The van der Waals surface area contributed by atoms with Crippen LogP contribution in [0.15, 0.2) is 0 Å². The number of esters is 1. The lowest BCUT2D eigenvalue weighted by Crippen LogP contribution is -2.46. The first-order valence-electron chi connectivity index (χ1n) is 3.64. The lowest BCUT2D eigenvalue weighted by molar-refractivity contribution is -0.147. The second-order valence-corrected chi connectivity index (χ2v) is 3.04. The highest BCUT2D eigenvalue weighted by molar-refractivity contribution is 5.80. The lowest BCUT2D eigenvalue weighted by atomic mass is 10.00. The van der Waals surface area contributed by atoms with Gasteiger partial charge >= 0.3 is 5.97 Å². The molecule has 1 fully saturated rings. The molecule has 0 spiro atoms. The standard InChI is InChI=1S/C7H13NO3/c1-11-6(10)7(8)3-2-5(9)4-7/h5,9H,2-4,8H2,1H3. The number of aliphatic hydroxyl groups excluding tert-OH is 1. The molecule has 1 rings (SSSR count). The quantitative estimate of drug-likeness (QED) is 0.501. The molecule has 0 aromatic carbocycles. The van der Waals surface area contributed by atoms with E-state index in [1.807, 2.05) is 0 Å². The number of nitrogens with two attached hydrogens (primary N) is 1. The van der Waals surface area contributed by atoms with Gasteiger partial charge in [-0.1, -0.05) is 0 Å². The summed E-state index contributed by atoms with van der Waals surface area (Å²) in [5.74, 6) is -0.422. The molecule has 4 heteroatoms. The summed E-state index contributed by atoms with van der Waals surface area (Å²) >= 11 is 0. The van der Waals surface area contributed by atoms with Crippen LogP contribution in [0.5, 0.6) is 0 Å². The molecule has 0 aromatic rings. The molecule has 0 saturated heterocycles. The third-order valence-electron chi connectivity index (χ3n) is 2.12. The number of rotatable bonds is 1. The van der Waals surface area contributed by atoms with E-state index in [4.69, 9.17) is 10.8 Å². The normalized spacial score (nSPS) is 37.2. The van der Waals surface area contributed by atoms with E-state index in [1.165, 1.54) is 7.11 Å². The van der Waals surface area contributed by atoms with Crippen molar-refractivity contribution in [1.29, 1.82) is 0 Å². The first-order chi connectivity index (χ1) is 5.08. The Hall–Kier alpha value is -0.610. The molecule has 0 amide bonds. The smallest absolute Gasteiger partial charge is 0.325 e. The predicted molar refractivity (Wildman–Crippen MR) is 38.8 cm³/mol. The van der Waals surface area contributed by atoms with Crippen molar-refractivity contribution in [2.24, 2.45) is 5.73 Å². The minimum Gasteiger partial charge on any atom is -0.468 e. The molecule has 64 valence electrons. The minimum atomic E-state index is -0.936. The number of hydrogen-bond donors (Lipinski definition) is 2. The molecular weight excluding hydrogens is 146 g/mol. The van der Waals surface area contributed by atoms with E-state index in [2.05, 4.69) is 4.74 Å². The highest BCUT2D eigenvalue weighted by atomic mass is 16.5. The van der Waals surface area contributed by atoms with E-state index in [0.717, 1.165) is 0 Å². The van der Waals surface area contributed by atoms with Crippen LogP contribution in [0.2, 0.25) is 0 Å². The molecule has 3 N–H and O–H groups in total. The molecule has 1 aliphatic carbocycles. The summed E-state index contributed by atoms with van der Waals surface area (Å²) in [5, 5.41) is 9.12. The summed E-state index contributed by atoms with van der Waals surface area (Å²) in [7, 11) is 1.31. The number of aliphatic hydroxyl groups is 1. The van der Waals surface area contributed by atoms with Crippen LogP contribution in [-0.2, 0) is 9.53 Å². The van der Waals surface area contributed by atoms with Crippen molar-refractivity contribution in [2.45, 2.75) is 30.9 Å². The predicted octanol–water partition coefficient (Wildman–Crippen LogP) is -0.598. The zero-order valence-electron chi connectivity index (χ0n) is 6.54. The average molecular weight is 159 g/mol. The van der Waals surface area contributed by atoms with Gasteiger partial charge < -0.3 is 15.6 Å². The SMILES string of the molecule is COC(=O)C1(N)CCC(O)C1. The average Bonchev–Trinajstić information content (AvgIpc) is 2.31. The Bertz CT molecular complexity index is 171. The Morgan fingerprint density at radius 3 is 2.82 bits per heavy atom. The fraction of sp³-hybridized carbons (Fsp3) is 0.857. The van der Waals surface area contributed by atoms with Crippen LogP contribution in [0.25, 0.3) is 0 Å². The Morgan fingerprint density at radius 2 is 2.45 bits per heavy atom. The molecular formula is C7H13NO3. The Labute approximate surface area is 65.3 Å². The third-order valence-corrected chi connectivity index (χ3v) is 2.12. The number of methoxy groups -OCH3 is 1. The van der Waals surface area contributed by atoms with Crippen LogP contribution in [0.4, 0.5) is 0 Å². The van der Waals surface area contributed by atoms with Gasteiger partial charge in [0, 0.05) is 6.42 Å². The first kappa shape index (κ1) is 8.49. The van der Waals surface area contributed by atoms with Crippen molar-refractivity contribution >= 4 is 5.97 Å². The molecule has 0 bridgehead atoms.